The van der Waals surface area contributed by atoms with Crippen molar-refractivity contribution in [2.24, 2.45) is 0 Å². The van der Waals surface area contributed by atoms with E-state index in [-0.39, 0.29) is 0 Å². The van der Waals surface area contributed by atoms with Crippen molar-refractivity contribution in [1.82, 2.24) is 4.90 Å². The summed E-state index contributed by atoms with van der Waals surface area (Å²) in [5.74, 6) is 0. The third kappa shape index (κ3) is 2.35. The van der Waals surface area contributed by atoms with Crippen LogP contribution in [0.15, 0.2) is 0 Å². The lowest BCUT2D eigenvalue weighted by molar-refractivity contribution is -0.136. The van der Waals surface area contributed by atoms with Gasteiger partial charge in [-0.15, -0.1) is 0 Å². The normalized spacial score (nSPS) is 41.8. The maximum atomic E-state index is 10.5. The minimum absolute atomic E-state index is 0.415. The third-order valence-electron chi connectivity index (χ3n) is 4.00. The fourth-order valence-corrected chi connectivity index (χ4v) is 2.95. The molecule has 15 heavy (non-hydrogen) atoms. The van der Waals surface area contributed by atoms with Crippen molar-refractivity contribution < 1.29 is 9.84 Å². The zero-order chi connectivity index (χ0) is 10.9. The van der Waals surface area contributed by atoms with Gasteiger partial charge in [0.15, 0.2) is 0 Å². The molecule has 88 valence electrons. The lowest BCUT2D eigenvalue weighted by Gasteiger charge is -2.50. The fourth-order valence-electron chi connectivity index (χ4n) is 2.95. The maximum Gasteiger partial charge on any atom is 0.0679 e. The number of morpholine rings is 1. The highest BCUT2D eigenvalue weighted by Gasteiger charge is 2.43. The van der Waals surface area contributed by atoms with Crippen molar-refractivity contribution in [1.29, 1.82) is 0 Å². The van der Waals surface area contributed by atoms with Crippen molar-refractivity contribution in [2.75, 3.05) is 20.3 Å². The molecule has 2 saturated heterocycles. The molecule has 2 aliphatic rings. The Morgan fingerprint density at radius 3 is 2.47 bits per heavy atom. The zero-order valence-corrected chi connectivity index (χ0v) is 9.91. The molecule has 0 aromatic carbocycles. The van der Waals surface area contributed by atoms with Gasteiger partial charge in [0, 0.05) is 12.1 Å². The Bertz CT molecular complexity index is 206. The van der Waals surface area contributed by atoms with Crippen LogP contribution in [0, 0.1) is 0 Å². The van der Waals surface area contributed by atoms with E-state index in [9.17, 15) is 5.11 Å². The number of piperidine rings is 1. The van der Waals surface area contributed by atoms with Crippen LogP contribution < -0.4 is 0 Å². The molecule has 0 amide bonds. The predicted molar refractivity (Wildman–Crippen MR) is 59.9 cm³/mol. The molecule has 0 aliphatic carbocycles. The summed E-state index contributed by atoms with van der Waals surface area (Å²) in [6.07, 6.45) is 5.05. The van der Waals surface area contributed by atoms with Crippen molar-refractivity contribution in [3.05, 3.63) is 0 Å². The Hall–Kier alpha value is -0.120. The van der Waals surface area contributed by atoms with Gasteiger partial charge < -0.3 is 9.84 Å². The van der Waals surface area contributed by atoms with E-state index in [4.69, 9.17) is 4.74 Å². The molecule has 0 radical (unpaired) electrons. The first-order chi connectivity index (χ1) is 7.14. The van der Waals surface area contributed by atoms with Crippen LogP contribution in [0.25, 0.3) is 0 Å². The van der Waals surface area contributed by atoms with E-state index in [2.05, 4.69) is 18.9 Å². The average molecular weight is 213 g/mol. The molecule has 3 heteroatoms. The lowest BCUT2D eigenvalue weighted by Crippen LogP contribution is -2.60. The zero-order valence-electron chi connectivity index (χ0n) is 9.91. The molecule has 2 aliphatic heterocycles. The summed E-state index contributed by atoms with van der Waals surface area (Å²) in [7, 11) is 2.16. The van der Waals surface area contributed by atoms with Gasteiger partial charge in [0.05, 0.1) is 18.8 Å². The summed E-state index contributed by atoms with van der Waals surface area (Å²) < 4.78 is 5.55. The van der Waals surface area contributed by atoms with Gasteiger partial charge in [-0.05, 0) is 26.3 Å². The molecule has 0 aromatic rings. The van der Waals surface area contributed by atoms with Crippen LogP contribution in [0.5, 0.6) is 0 Å². The average Bonchev–Trinajstić information content (AvgIpc) is 2.18. The van der Waals surface area contributed by atoms with E-state index < -0.39 is 5.60 Å². The van der Waals surface area contributed by atoms with E-state index >= 15 is 0 Å². The molecule has 2 heterocycles. The maximum absolute atomic E-state index is 10.5. The highest BCUT2D eigenvalue weighted by molar-refractivity contribution is 4.97. The summed E-state index contributed by atoms with van der Waals surface area (Å²) in [5.41, 5.74) is -0.415. The molecule has 2 bridgehead atoms. The molecular formula is C12H23NO2. The summed E-state index contributed by atoms with van der Waals surface area (Å²) >= 11 is 0. The quantitative estimate of drug-likeness (QED) is 0.769. The van der Waals surface area contributed by atoms with Crippen LogP contribution in [-0.4, -0.2) is 48.0 Å². The molecule has 0 spiro atoms. The van der Waals surface area contributed by atoms with E-state index in [1.165, 1.54) is 6.42 Å². The first kappa shape index (κ1) is 11.4. The molecular weight excluding hydrogens is 190 g/mol. The van der Waals surface area contributed by atoms with E-state index in [0.29, 0.717) is 12.1 Å². The highest BCUT2D eigenvalue weighted by Crippen LogP contribution is 2.36. The number of hydrogen-bond acceptors (Lipinski definition) is 3. The van der Waals surface area contributed by atoms with Crippen LogP contribution in [0.4, 0.5) is 0 Å². The summed E-state index contributed by atoms with van der Waals surface area (Å²) in [6.45, 7) is 3.77. The highest BCUT2D eigenvalue weighted by atomic mass is 16.5. The minimum Gasteiger partial charge on any atom is -0.390 e. The van der Waals surface area contributed by atoms with Crippen molar-refractivity contribution in [2.45, 2.75) is 56.7 Å². The van der Waals surface area contributed by atoms with E-state index in [1.807, 2.05) is 0 Å². The smallest absolute Gasteiger partial charge is 0.0679 e. The van der Waals surface area contributed by atoms with Crippen LogP contribution in [0.3, 0.4) is 0 Å². The predicted octanol–water partition coefficient (Wildman–Crippen LogP) is 1.40. The first-order valence-electron chi connectivity index (χ1n) is 6.17. The summed E-state index contributed by atoms with van der Waals surface area (Å²) in [4.78, 5) is 2.39. The SMILES string of the molecule is CCCCC1(O)CC2COCC(C1)N2C. The van der Waals surface area contributed by atoms with Gasteiger partial charge in [-0.2, -0.15) is 0 Å². The first-order valence-corrected chi connectivity index (χ1v) is 6.17. The Labute approximate surface area is 92.4 Å². The molecule has 2 atom stereocenters. The molecule has 0 aromatic heterocycles. The largest absolute Gasteiger partial charge is 0.390 e. The molecule has 0 saturated carbocycles. The number of aliphatic hydroxyl groups is 1. The molecule has 3 nitrogen and oxygen atoms in total. The third-order valence-corrected chi connectivity index (χ3v) is 4.00. The number of ether oxygens (including phenoxy) is 1. The van der Waals surface area contributed by atoms with Gasteiger partial charge in [-0.3, -0.25) is 4.90 Å². The van der Waals surface area contributed by atoms with Gasteiger partial charge in [-0.1, -0.05) is 19.8 Å². The number of unbranched alkanes of at least 4 members (excludes halogenated alkanes) is 1. The van der Waals surface area contributed by atoms with Gasteiger partial charge in [-0.25, -0.2) is 0 Å². The molecule has 2 fully saturated rings. The standard InChI is InChI=1S/C12H23NO2/c1-3-4-5-12(14)6-10-8-15-9-11(7-12)13(10)2/h10-11,14H,3-9H2,1-2H3. The van der Waals surface area contributed by atoms with Gasteiger partial charge >= 0.3 is 0 Å². The van der Waals surface area contributed by atoms with Crippen LogP contribution in [-0.2, 0) is 4.74 Å². The van der Waals surface area contributed by atoms with Crippen molar-refractivity contribution in [3.8, 4) is 0 Å². The lowest BCUT2D eigenvalue weighted by atomic mass is 9.78. The van der Waals surface area contributed by atoms with Gasteiger partial charge in [0.25, 0.3) is 0 Å². The van der Waals surface area contributed by atoms with E-state index in [0.717, 1.165) is 38.9 Å². The van der Waals surface area contributed by atoms with Crippen LogP contribution in [0.2, 0.25) is 0 Å². The van der Waals surface area contributed by atoms with Crippen molar-refractivity contribution in [3.63, 3.8) is 0 Å². The number of nitrogens with zero attached hydrogens (tertiary/aromatic N) is 1. The summed E-state index contributed by atoms with van der Waals surface area (Å²) in [6, 6.07) is 0.860. The monoisotopic (exact) mass is 213 g/mol. The Morgan fingerprint density at radius 2 is 1.93 bits per heavy atom. The molecule has 2 rings (SSSR count). The number of likely N-dealkylation sites (N-methyl/N-ethyl adjacent to an activating group) is 1. The molecule has 1 N–H and O–H groups in total. The second-order valence-electron chi connectivity index (χ2n) is 5.25. The second kappa shape index (κ2) is 4.40. The Balaban J connectivity index is 1.99. The number of hydrogen-bond donors (Lipinski definition) is 1. The van der Waals surface area contributed by atoms with Gasteiger partial charge in [0.2, 0.25) is 0 Å². The number of rotatable bonds is 3. The Kier molecular flexibility index (Phi) is 3.33. The van der Waals surface area contributed by atoms with Crippen LogP contribution in [0.1, 0.15) is 39.0 Å². The Morgan fingerprint density at radius 1 is 1.33 bits per heavy atom. The van der Waals surface area contributed by atoms with Crippen LogP contribution >= 0.6 is 0 Å². The van der Waals surface area contributed by atoms with E-state index in [1.54, 1.807) is 0 Å². The molecule has 2 unspecified atom stereocenters. The summed E-state index contributed by atoms with van der Waals surface area (Å²) in [5, 5.41) is 10.5. The number of fused-ring (bicyclic) bond motifs is 2. The topological polar surface area (TPSA) is 32.7 Å². The van der Waals surface area contributed by atoms with Crippen molar-refractivity contribution >= 4 is 0 Å². The minimum atomic E-state index is -0.415. The second-order valence-corrected chi connectivity index (χ2v) is 5.25. The van der Waals surface area contributed by atoms with Gasteiger partial charge in [0.1, 0.15) is 0 Å². The fraction of sp³-hybridized carbons (Fsp3) is 1.00.